The molecule has 0 saturated carbocycles. The molecule has 19 heavy (non-hydrogen) atoms. The smallest absolute Gasteiger partial charge is 0.220 e. The average molecular weight is 298 g/mol. The molecule has 0 unspecified atom stereocenters. The van der Waals surface area contributed by atoms with Gasteiger partial charge in [-0.2, -0.15) is 0 Å². The van der Waals surface area contributed by atoms with E-state index in [1.54, 1.807) is 30.5 Å². The third kappa shape index (κ3) is 4.22. The second-order valence-electron chi connectivity index (χ2n) is 3.88. The van der Waals surface area contributed by atoms with Gasteiger partial charge in [0.25, 0.3) is 0 Å². The average Bonchev–Trinajstić information content (AvgIpc) is 3.04. The molecule has 1 N–H and O–H groups in total. The lowest BCUT2D eigenvalue weighted by molar-refractivity contribution is -0.121. The highest BCUT2D eigenvalue weighted by atomic mass is 35.5. The van der Waals surface area contributed by atoms with Crippen molar-refractivity contribution < 1.29 is 14.0 Å². The van der Waals surface area contributed by atoms with E-state index in [0.29, 0.717) is 21.5 Å². The number of Topliss-reactive ketones (excluding diaryl/α,β-unsaturated/α-hetero) is 1. The first-order valence-electron chi connectivity index (χ1n) is 5.73. The van der Waals surface area contributed by atoms with Gasteiger partial charge in [-0.1, -0.05) is 11.6 Å². The predicted molar refractivity (Wildman–Crippen MR) is 73.4 cm³/mol. The Morgan fingerprint density at radius 2 is 2.11 bits per heavy atom. The second kappa shape index (κ2) is 6.54. The minimum atomic E-state index is -0.174. The minimum absolute atomic E-state index is 0.0648. The second-order valence-corrected chi connectivity index (χ2v) is 5.60. The fourth-order valence-corrected chi connectivity index (χ4v) is 2.51. The number of ketones is 1. The summed E-state index contributed by atoms with van der Waals surface area (Å²) in [5.74, 6) is 0.446. The van der Waals surface area contributed by atoms with E-state index in [9.17, 15) is 9.59 Å². The van der Waals surface area contributed by atoms with Crippen LogP contribution in [-0.4, -0.2) is 11.7 Å². The fraction of sp³-hybridized carbons (Fsp3) is 0.231. The number of nitrogens with one attached hydrogen (secondary N) is 1. The van der Waals surface area contributed by atoms with Crippen LogP contribution in [0.1, 0.15) is 28.3 Å². The Labute approximate surface area is 119 Å². The number of rotatable bonds is 6. The molecule has 0 aromatic carbocycles. The molecule has 0 aliphatic carbocycles. The van der Waals surface area contributed by atoms with Gasteiger partial charge in [-0.05, 0) is 24.3 Å². The van der Waals surface area contributed by atoms with Gasteiger partial charge in [-0.25, -0.2) is 0 Å². The molecule has 100 valence electrons. The van der Waals surface area contributed by atoms with Crippen LogP contribution < -0.4 is 5.32 Å². The number of amides is 1. The SMILES string of the molecule is O=C(CCC(=O)c1ccc(Cl)s1)NCc1ccco1. The summed E-state index contributed by atoms with van der Waals surface area (Å²) in [6.45, 7) is 0.338. The molecule has 0 fully saturated rings. The Hall–Kier alpha value is -1.59. The van der Waals surface area contributed by atoms with E-state index >= 15 is 0 Å². The summed E-state index contributed by atoms with van der Waals surface area (Å²) in [6.07, 6.45) is 1.89. The molecule has 6 heteroatoms. The lowest BCUT2D eigenvalue weighted by Gasteiger charge is -2.02. The number of halogens is 1. The van der Waals surface area contributed by atoms with Crippen LogP contribution in [0, 0.1) is 0 Å². The molecule has 4 nitrogen and oxygen atoms in total. The van der Waals surface area contributed by atoms with Crippen molar-refractivity contribution in [2.75, 3.05) is 0 Å². The topological polar surface area (TPSA) is 59.3 Å². The summed E-state index contributed by atoms with van der Waals surface area (Å²) in [5, 5.41) is 2.69. The van der Waals surface area contributed by atoms with Crippen LogP contribution in [0.3, 0.4) is 0 Å². The summed E-state index contributed by atoms with van der Waals surface area (Å²) in [7, 11) is 0. The molecule has 2 aromatic heterocycles. The Morgan fingerprint density at radius 3 is 2.74 bits per heavy atom. The molecule has 0 atom stereocenters. The molecule has 1 amide bonds. The van der Waals surface area contributed by atoms with Crippen LogP contribution in [0.5, 0.6) is 0 Å². The van der Waals surface area contributed by atoms with Crippen molar-refractivity contribution in [3.8, 4) is 0 Å². The maximum absolute atomic E-state index is 11.7. The van der Waals surface area contributed by atoms with Gasteiger partial charge in [0.1, 0.15) is 5.76 Å². The lowest BCUT2D eigenvalue weighted by Crippen LogP contribution is -2.22. The van der Waals surface area contributed by atoms with Crippen LogP contribution in [0.15, 0.2) is 34.9 Å². The van der Waals surface area contributed by atoms with Gasteiger partial charge in [0, 0.05) is 12.8 Å². The molecule has 2 rings (SSSR count). The zero-order valence-electron chi connectivity index (χ0n) is 10.0. The van der Waals surface area contributed by atoms with Crippen molar-refractivity contribution >= 4 is 34.6 Å². The Kier molecular flexibility index (Phi) is 4.76. The van der Waals surface area contributed by atoms with Crippen molar-refractivity contribution in [2.24, 2.45) is 0 Å². The Bertz CT molecular complexity index is 562. The van der Waals surface area contributed by atoms with Crippen molar-refractivity contribution in [2.45, 2.75) is 19.4 Å². The van der Waals surface area contributed by atoms with Gasteiger partial charge in [0.05, 0.1) is 22.0 Å². The van der Waals surface area contributed by atoms with Crippen molar-refractivity contribution in [1.29, 1.82) is 0 Å². The number of hydrogen-bond donors (Lipinski definition) is 1. The number of furan rings is 1. The van der Waals surface area contributed by atoms with Gasteiger partial charge in [0.15, 0.2) is 5.78 Å². The van der Waals surface area contributed by atoms with Crippen LogP contribution >= 0.6 is 22.9 Å². The highest BCUT2D eigenvalue weighted by molar-refractivity contribution is 7.18. The van der Waals surface area contributed by atoms with Gasteiger partial charge >= 0.3 is 0 Å². The maximum atomic E-state index is 11.7. The number of carbonyl (C=O) groups is 2. The van der Waals surface area contributed by atoms with Gasteiger partial charge in [-0.3, -0.25) is 9.59 Å². The summed E-state index contributed by atoms with van der Waals surface area (Å²) in [6, 6.07) is 6.89. The van der Waals surface area contributed by atoms with Crippen LogP contribution in [0.4, 0.5) is 0 Å². The van der Waals surface area contributed by atoms with Crippen molar-refractivity contribution in [1.82, 2.24) is 5.32 Å². The third-order valence-corrected chi connectivity index (χ3v) is 3.74. The highest BCUT2D eigenvalue weighted by Crippen LogP contribution is 2.22. The molecule has 0 radical (unpaired) electrons. The fourth-order valence-electron chi connectivity index (χ4n) is 1.50. The van der Waals surface area contributed by atoms with E-state index < -0.39 is 0 Å². The van der Waals surface area contributed by atoms with E-state index in [-0.39, 0.29) is 24.5 Å². The number of hydrogen-bond acceptors (Lipinski definition) is 4. The number of carbonyl (C=O) groups excluding carboxylic acids is 2. The Balaban J connectivity index is 1.73. The van der Waals surface area contributed by atoms with E-state index in [4.69, 9.17) is 16.0 Å². The van der Waals surface area contributed by atoms with Gasteiger partial charge in [-0.15, -0.1) is 11.3 Å². The van der Waals surface area contributed by atoms with E-state index in [0.717, 1.165) is 0 Å². The zero-order valence-corrected chi connectivity index (χ0v) is 11.6. The first-order chi connectivity index (χ1) is 9.15. The molecule has 0 aliphatic heterocycles. The largest absolute Gasteiger partial charge is 0.467 e. The Morgan fingerprint density at radius 1 is 1.26 bits per heavy atom. The molecule has 2 aromatic rings. The first-order valence-corrected chi connectivity index (χ1v) is 6.92. The molecule has 0 saturated heterocycles. The summed E-state index contributed by atoms with van der Waals surface area (Å²) < 4.78 is 5.66. The molecular formula is C13H12ClNO3S. The van der Waals surface area contributed by atoms with E-state index in [1.165, 1.54) is 11.3 Å². The van der Waals surface area contributed by atoms with Crippen LogP contribution in [-0.2, 0) is 11.3 Å². The number of thiophene rings is 1. The summed E-state index contributed by atoms with van der Waals surface area (Å²) >= 11 is 6.98. The maximum Gasteiger partial charge on any atom is 0.220 e. The molecule has 0 spiro atoms. The minimum Gasteiger partial charge on any atom is -0.467 e. The molecule has 2 heterocycles. The third-order valence-electron chi connectivity index (χ3n) is 2.47. The lowest BCUT2D eigenvalue weighted by atomic mass is 10.2. The summed E-state index contributed by atoms with van der Waals surface area (Å²) in [5.41, 5.74) is 0. The molecular weight excluding hydrogens is 286 g/mol. The van der Waals surface area contributed by atoms with Crippen molar-refractivity contribution in [3.63, 3.8) is 0 Å². The quantitative estimate of drug-likeness (QED) is 0.832. The zero-order chi connectivity index (χ0) is 13.7. The normalized spacial score (nSPS) is 10.4. The van der Waals surface area contributed by atoms with Crippen LogP contribution in [0.2, 0.25) is 4.34 Å². The van der Waals surface area contributed by atoms with E-state index in [2.05, 4.69) is 5.32 Å². The predicted octanol–water partition coefficient (Wildman–Crippen LogP) is 3.27. The van der Waals surface area contributed by atoms with E-state index in [1.807, 2.05) is 0 Å². The summed E-state index contributed by atoms with van der Waals surface area (Å²) in [4.78, 5) is 23.9. The standard InChI is InChI=1S/C13H12ClNO3S/c14-12-5-4-11(19-12)10(16)3-6-13(17)15-8-9-2-1-7-18-9/h1-2,4-5,7H,3,6,8H2,(H,15,17). The van der Waals surface area contributed by atoms with Gasteiger partial charge in [0.2, 0.25) is 5.91 Å². The molecule has 0 bridgehead atoms. The van der Waals surface area contributed by atoms with Crippen molar-refractivity contribution in [3.05, 3.63) is 45.5 Å². The van der Waals surface area contributed by atoms with Gasteiger partial charge < -0.3 is 9.73 Å². The highest BCUT2D eigenvalue weighted by Gasteiger charge is 2.11. The first kappa shape index (κ1) is 13.8. The van der Waals surface area contributed by atoms with Crippen LogP contribution in [0.25, 0.3) is 0 Å². The molecule has 0 aliphatic rings. The monoisotopic (exact) mass is 297 g/mol.